The first-order valence-electron chi connectivity index (χ1n) is 12.3. The molecule has 0 saturated carbocycles. The van der Waals surface area contributed by atoms with Gasteiger partial charge in [0.1, 0.15) is 17.9 Å². The van der Waals surface area contributed by atoms with E-state index in [1.165, 1.54) is 10.8 Å². The Morgan fingerprint density at radius 1 is 1.11 bits per heavy atom. The van der Waals surface area contributed by atoms with Gasteiger partial charge in [-0.1, -0.05) is 93.3 Å². The Kier molecular flexibility index (Phi) is 7.97. The van der Waals surface area contributed by atoms with Gasteiger partial charge in [-0.3, -0.25) is 14.3 Å². The number of aliphatic hydroxyl groups excluding tert-OH is 1. The number of nitrogens with two attached hydrogens (primary N) is 1. The predicted molar refractivity (Wildman–Crippen MR) is 145 cm³/mol. The third-order valence-corrected chi connectivity index (χ3v) is 11.7. The molecule has 2 heterocycles. The molecule has 1 saturated heterocycles. The summed E-state index contributed by atoms with van der Waals surface area (Å²) in [5.74, 6) is 5.29. The average Bonchev–Trinajstić information content (AvgIpc) is 3.24. The van der Waals surface area contributed by atoms with E-state index in [0.29, 0.717) is 0 Å². The van der Waals surface area contributed by atoms with E-state index in [0.717, 1.165) is 10.4 Å². The summed E-state index contributed by atoms with van der Waals surface area (Å²) >= 11 is 0. The lowest BCUT2D eigenvalue weighted by Gasteiger charge is -2.43. The smallest absolute Gasteiger partial charge is 0.330 e. The third-order valence-electron chi connectivity index (χ3n) is 6.69. The van der Waals surface area contributed by atoms with Crippen molar-refractivity contribution in [2.24, 2.45) is 5.73 Å². The molecule has 37 heavy (non-hydrogen) atoms. The molecule has 3 aromatic rings. The molecule has 0 aliphatic carbocycles. The van der Waals surface area contributed by atoms with Crippen molar-refractivity contribution in [3.05, 3.63) is 93.3 Å². The van der Waals surface area contributed by atoms with Gasteiger partial charge < -0.3 is 20.0 Å². The fourth-order valence-electron chi connectivity index (χ4n) is 4.94. The maximum atomic E-state index is 12.5. The molecule has 0 spiro atoms. The first kappa shape index (κ1) is 26.8. The molecule has 1 fully saturated rings. The van der Waals surface area contributed by atoms with E-state index in [4.69, 9.17) is 14.9 Å². The molecular formula is C28H33N3O5Si. The Morgan fingerprint density at radius 3 is 2.24 bits per heavy atom. The highest BCUT2D eigenvalue weighted by Gasteiger charge is 2.51. The molecule has 0 radical (unpaired) electrons. The highest BCUT2D eigenvalue weighted by atomic mass is 28.4. The Morgan fingerprint density at radius 2 is 1.70 bits per heavy atom. The van der Waals surface area contributed by atoms with Gasteiger partial charge in [-0.15, -0.1) is 0 Å². The van der Waals surface area contributed by atoms with Gasteiger partial charge in [-0.2, -0.15) is 0 Å². The van der Waals surface area contributed by atoms with Gasteiger partial charge in [-0.05, 0) is 15.4 Å². The maximum Gasteiger partial charge on any atom is 0.330 e. The Hall–Kier alpha value is -3.26. The number of aromatic nitrogens is 2. The minimum Gasteiger partial charge on any atom is -0.405 e. The number of nitrogens with zero attached hydrogens (tertiary/aromatic N) is 1. The zero-order chi connectivity index (χ0) is 26.6. The molecule has 4 N–H and O–H groups in total. The van der Waals surface area contributed by atoms with E-state index in [1.807, 2.05) is 36.4 Å². The minimum absolute atomic E-state index is 0.0822. The zero-order valence-electron chi connectivity index (χ0n) is 21.3. The number of aromatic amines is 1. The predicted octanol–water partition coefficient (Wildman–Crippen LogP) is 1.07. The highest BCUT2D eigenvalue weighted by molar-refractivity contribution is 6.99. The lowest BCUT2D eigenvalue weighted by atomic mass is 10.2. The standard InChI is InChI=1S/C28H33N3O5Si/c1-28(2,3)37(21-12-6-4-7-13-21,22-14-8-5-9-15-22)35-19-24-23(32)17-25(36-24)31-18-20(11-10-16-29)26(33)30-27(31)34/h4-9,12-15,18,23-25,32H,16-17,19,29H2,1-3H3,(H,30,33,34)/t23-,24-,25-/m1/s1. The summed E-state index contributed by atoms with van der Waals surface area (Å²) in [6, 6.07) is 20.4. The summed E-state index contributed by atoms with van der Waals surface area (Å²) in [5, 5.41) is 12.9. The normalized spacial score (nSPS) is 19.9. The minimum atomic E-state index is -2.83. The van der Waals surface area contributed by atoms with Gasteiger partial charge in [0.25, 0.3) is 13.9 Å². The van der Waals surface area contributed by atoms with Gasteiger partial charge in [-0.25, -0.2) is 4.79 Å². The van der Waals surface area contributed by atoms with Crippen molar-refractivity contribution in [3.63, 3.8) is 0 Å². The Balaban J connectivity index is 1.65. The largest absolute Gasteiger partial charge is 0.405 e. The van der Waals surface area contributed by atoms with Gasteiger partial charge in [0, 0.05) is 12.6 Å². The van der Waals surface area contributed by atoms with Crippen LogP contribution in [0.25, 0.3) is 0 Å². The number of aliphatic hydroxyl groups is 1. The number of ether oxygens (including phenoxy) is 1. The quantitative estimate of drug-likeness (QED) is 0.331. The second-order valence-corrected chi connectivity index (χ2v) is 14.4. The van der Waals surface area contributed by atoms with Crippen LogP contribution in [0.15, 0.2) is 76.4 Å². The molecular weight excluding hydrogens is 486 g/mol. The van der Waals surface area contributed by atoms with Crippen LogP contribution >= 0.6 is 0 Å². The summed E-state index contributed by atoms with van der Waals surface area (Å²) in [5.41, 5.74) is 4.30. The van der Waals surface area contributed by atoms with E-state index in [1.54, 1.807) is 0 Å². The van der Waals surface area contributed by atoms with Crippen molar-refractivity contribution < 1.29 is 14.3 Å². The van der Waals surface area contributed by atoms with E-state index >= 15 is 0 Å². The van der Waals surface area contributed by atoms with Crippen LogP contribution in [0.2, 0.25) is 5.04 Å². The molecule has 4 rings (SSSR count). The molecule has 3 atom stereocenters. The molecule has 1 aliphatic rings. The molecule has 8 nitrogen and oxygen atoms in total. The van der Waals surface area contributed by atoms with Gasteiger partial charge in [0.15, 0.2) is 0 Å². The van der Waals surface area contributed by atoms with Gasteiger partial charge in [0.05, 0.1) is 19.3 Å². The van der Waals surface area contributed by atoms with Crippen molar-refractivity contribution in [3.8, 4) is 11.8 Å². The van der Waals surface area contributed by atoms with E-state index in [-0.39, 0.29) is 30.2 Å². The van der Waals surface area contributed by atoms with Gasteiger partial charge >= 0.3 is 5.69 Å². The van der Waals surface area contributed by atoms with Crippen LogP contribution in [0, 0.1) is 11.8 Å². The van der Waals surface area contributed by atoms with Crippen molar-refractivity contribution in [2.75, 3.05) is 13.2 Å². The topological polar surface area (TPSA) is 120 Å². The second-order valence-electron chi connectivity index (χ2n) is 10.1. The molecule has 1 aromatic heterocycles. The molecule has 1 aliphatic heterocycles. The van der Waals surface area contributed by atoms with Crippen molar-refractivity contribution in [2.45, 2.75) is 50.7 Å². The SMILES string of the molecule is CC(C)(C)[Si](OC[C@H]1O[C@@H](n2cc(C#CCN)c(=O)[nH]c2=O)C[C@H]1O)(c1ccccc1)c1ccccc1. The van der Waals surface area contributed by atoms with E-state index in [9.17, 15) is 14.7 Å². The lowest BCUT2D eigenvalue weighted by Crippen LogP contribution is -2.67. The number of hydrogen-bond acceptors (Lipinski definition) is 6. The van der Waals surface area contributed by atoms with Crippen LogP contribution in [0.3, 0.4) is 0 Å². The van der Waals surface area contributed by atoms with Crippen molar-refractivity contribution >= 4 is 18.7 Å². The van der Waals surface area contributed by atoms with Crippen molar-refractivity contribution in [1.82, 2.24) is 9.55 Å². The Labute approximate surface area is 217 Å². The summed E-state index contributed by atoms with van der Waals surface area (Å²) in [7, 11) is -2.83. The number of H-pyrrole nitrogens is 1. The first-order chi connectivity index (χ1) is 17.7. The fraction of sp³-hybridized carbons (Fsp3) is 0.357. The van der Waals surface area contributed by atoms with Crippen LogP contribution in [0.1, 0.15) is 39.0 Å². The molecule has 194 valence electrons. The van der Waals surface area contributed by atoms with E-state index in [2.05, 4.69) is 61.9 Å². The summed E-state index contributed by atoms with van der Waals surface area (Å²) in [6.07, 6.45) is -0.771. The molecule has 0 unspecified atom stereocenters. The first-order valence-corrected chi connectivity index (χ1v) is 14.2. The van der Waals surface area contributed by atoms with Crippen LogP contribution in [-0.4, -0.2) is 48.3 Å². The van der Waals surface area contributed by atoms with Crippen LogP contribution < -0.4 is 27.4 Å². The number of benzene rings is 2. The zero-order valence-corrected chi connectivity index (χ0v) is 22.3. The summed E-state index contributed by atoms with van der Waals surface area (Å²) in [6.45, 7) is 6.76. The number of hydrogen-bond donors (Lipinski definition) is 3. The second kappa shape index (κ2) is 11.0. The summed E-state index contributed by atoms with van der Waals surface area (Å²) in [4.78, 5) is 26.9. The molecule has 0 bridgehead atoms. The van der Waals surface area contributed by atoms with E-state index < -0.39 is 38.0 Å². The third kappa shape index (κ3) is 5.39. The molecule has 9 heteroatoms. The maximum absolute atomic E-state index is 12.5. The van der Waals surface area contributed by atoms with Crippen LogP contribution in [0.5, 0.6) is 0 Å². The fourth-order valence-corrected chi connectivity index (χ4v) is 9.51. The van der Waals surface area contributed by atoms with Crippen molar-refractivity contribution in [1.29, 1.82) is 0 Å². The van der Waals surface area contributed by atoms with Gasteiger partial charge in [0.2, 0.25) is 0 Å². The highest BCUT2D eigenvalue weighted by Crippen LogP contribution is 2.38. The van der Waals surface area contributed by atoms with Crippen LogP contribution in [0.4, 0.5) is 0 Å². The number of rotatable bonds is 6. The average molecular weight is 520 g/mol. The lowest BCUT2D eigenvalue weighted by molar-refractivity contribution is -0.0426. The summed E-state index contributed by atoms with van der Waals surface area (Å²) < 4.78 is 14.3. The molecule has 0 amide bonds. The van der Waals surface area contributed by atoms with Crippen LogP contribution in [-0.2, 0) is 9.16 Å². The Bertz CT molecular complexity index is 1350. The monoisotopic (exact) mass is 519 g/mol. The number of nitrogens with one attached hydrogen (secondary N) is 1. The molecule has 2 aromatic carbocycles.